The molecule has 0 heterocycles. The van der Waals surface area contributed by atoms with Crippen molar-refractivity contribution in [3.8, 4) is 33.8 Å². The van der Waals surface area contributed by atoms with Crippen LogP contribution in [0.1, 0.15) is 0 Å². The van der Waals surface area contributed by atoms with E-state index in [1.54, 1.807) is 36.0 Å². The molecule has 2 nitrogen and oxygen atoms in total. The van der Waals surface area contributed by atoms with E-state index in [4.69, 9.17) is 0 Å². The molecule has 132 valence electrons. The maximum absolute atomic E-state index is 9.63. The fraction of sp³-hybridized carbons (Fsp3) is 0. The van der Waals surface area contributed by atoms with Crippen LogP contribution in [-0.4, -0.2) is 10.2 Å². The monoisotopic (exact) mass is 370 g/mol. The molecule has 2 N–H and O–H groups in total. The average Bonchev–Trinajstić information content (AvgIpc) is 2.69. The Bertz CT molecular complexity index is 967. The summed E-state index contributed by atoms with van der Waals surface area (Å²) in [5.41, 5.74) is 4.16. The van der Waals surface area contributed by atoms with Gasteiger partial charge in [0.15, 0.2) is 0 Å². The van der Waals surface area contributed by atoms with Crippen LogP contribution in [0.5, 0.6) is 11.5 Å². The topological polar surface area (TPSA) is 40.5 Å². The smallest absolute Gasteiger partial charge is 0.116 e. The fourth-order valence-electron chi connectivity index (χ4n) is 2.94. The van der Waals surface area contributed by atoms with Crippen molar-refractivity contribution < 1.29 is 10.2 Å². The van der Waals surface area contributed by atoms with Crippen LogP contribution in [0.2, 0.25) is 0 Å². The lowest BCUT2D eigenvalue weighted by Gasteiger charge is -2.07. The predicted molar refractivity (Wildman–Crippen MR) is 111 cm³/mol. The molecule has 0 bridgehead atoms. The van der Waals surface area contributed by atoms with E-state index in [-0.39, 0.29) is 11.5 Å². The Morgan fingerprint density at radius 1 is 0.444 bits per heavy atom. The maximum atomic E-state index is 9.63. The number of phenolic OH excluding ortho intramolecular Hbond substituents is 2. The molecular weight excluding hydrogens is 352 g/mol. The zero-order valence-electron chi connectivity index (χ0n) is 14.5. The van der Waals surface area contributed by atoms with Crippen LogP contribution in [-0.2, 0) is 0 Å². The van der Waals surface area contributed by atoms with Gasteiger partial charge in [-0.1, -0.05) is 60.3 Å². The Labute approximate surface area is 162 Å². The number of benzene rings is 4. The molecule has 0 saturated carbocycles. The summed E-state index contributed by atoms with van der Waals surface area (Å²) in [5.74, 6) is 0.551. The molecule has 0 aliphatic carbocycles. The van der Waals surface area contributed by atoms with E-state index >= 15 is 0 Å². The second-order valence-corrected chi connectivity index (χ2v) is 7.40. The van der Waals surface area contributed by atoms with Crippen LogP contribution < -0.4 is 0 Å². The van der Waals surface area contributed by atoms with Crippen molar-refractivity contribution in [1.82, 2.24) is 0 Å². The van der Waals surface area contributed by atoms with Crippen molar-refractivity contribution in [3.05, 3.63) is 97.1 Å². The molecule has 4 rings (SSSR count). The first-order valence-corrected chi connectivity index (χ1v) is 9.46. The van der Waals surface area contributed by atoms with Gasteiger partial charge in [0.25, 0.3) is 0 Å². The van der Waals surface area contributed by atoms with Crippen LogP contribution in [0.3, 0.4) is 0 Å². The summed E-state index contributed by atoms with van der Waals surface area (Å²) < 4.78 is 0. The van der Waals surface area contributed by atoms with Crippen LogP contribution in [0.25, 0.3) is 22.3 Å². The predicted octanol–water partition coefficient (Wildman–Crippen LogP) is 6.58. The van der Waals surface area contributed by atoms with Crippen LogP contribution >= 0.6 is 11.8 Å². The van der Waals surface area contributed by atoms with Gasteiger partial charge in [0, 0.05) is 9.79 Å². The van der Waals surface area contributed by atoms with Crippen LogP contribution in [0, 0.1) is 0 Å². The minimum atomic E-state index is 0.276. The Morgan fingerprint density at radius 2 is 0.852 bits per heavy atom. The molecule has 0 spiro atoms. The third-order valence-electron chi connectivity index (χ3n) is 4.30. The molecule has 27 heavy (non-hydrogen) atoms. The van der Waals surface area contributed by atoms with Crippen molar-refractivity contribution in [2.45, 2.75) is 9.79 Å². The second-order valence-electron chi connectivity index (χ2n) is 6.25. The van der Waals surface area contributed by atoms with Crippen molar-refractivity contribution >= 4 is 11.8 Å². The van der Waals surface area contributed by atoms with E-state index < -0.39 is 0 Å². The number of rotatable bonds is 4. The Hall–Kier alpha value is -3.17. The first-order chi connectivity index (χ1) is 13.2. The highest BCUT2D eigenvalue weighted by Gasteiger charge is 2.03. The molecule has 0 unspecified atom stereocenters. The summed E-state index contributed by atoms with van der Waals surface area (Å²) in [7, 11) is 0. The normalized spacial score (nSPS) is 10.7. The Morgan fingerprint density at radius 3 is 1.22 bits per heavy atom. The number of phenols is 2. The van der Waals surface area contributed by atoms with Gasteiger partial charge in [0.1, 0.15) is 11.5 Å². The molecular formula is C24H18O2S. The molecule has 0 aromatic heterocycles. The van der Waals surface area contributed by atoms with E-state index in [9.17, 15) is 10.2 Å². The van der Waals surface area contributed by atoms with Gasteiger partial charge in [-0.2, -0.15) is 0 Å². The highest BCUT2D eigenvalue weighted by atomic mass is 32.2. The molecule has 0 aliphatic heterocycles. The standard InChI is InChI=1S/C24H18O2S/c25-21-5-1-3-19(15-21)17-7-11-23(12-8-17)27-24-13-9-18(10-14-24)20-4-2-6-22(26)16-20/h1-16,25-26H. The molecule has 0 fully saturated rings. The molecule has 4 aromatic rings. The average molecular weight is 370 g/mol. The lowest BCUT2D eigenvalue weighted by molar-refractivity contribution is 0.475. The SMILES string of the molecule is Oc1cccc(-c2ccc(Sc3ccc(-c4cccc(O)c4)cc3)cc2)c1. The van der Waals surface area contributed by atoms with Crippen LogP contribution in [0.4, 0.5) is 0 Å². The van der Waals surface area contributed by atoms with Gasteiger partial charge in [-0.05, 0) is 70.8 Å². The molecule has 3 heteroatoms. The minimum Gasteiger partial charge on any atom is -0.508 e. The van der Waals surface area contributed by atoms with Gasteiger partial charge in [-0.3, -0.25) is 0 Å². The quantitative estimate of drug-likeness (QED) is 0.426. The lowest BCUT2D eigenvalue weighted by Crippen LogP contribution is -1.80. The second kappa shape index (κ2) is 7.60. The van der Waals surface area contributed by atoms with E-state index in [0.29, 0.717) is 0 Å². The molecule has 0 aliphatic rings. The zero-order chi connectivity index (χ0) is 18.6. The highest BCUT2D eigenvalue weighted by Crippen LogP contribution is 2.32. The van der Waals surface area contributed by atoms with Gasteiger partial charge in [0.05, 0.1) is 0 Å². The van der Waals surface area contributed by atoms with Gasteiger partial charge in [-0.25, -0.2) is 0 Å². The van der Waals surface area contributed by atoms with Gasteiger partial charge < -0.3 is 10.2 Å². The summed E-state index contributed by atoms with van der Waals surface area (Å²) in [6, 6.07) is 31.2. The summed E-state index contributed by atoms with van der Waals surface area (Å²) in [4.78, 5) is 2.31. The van der Waals surface area contributed by atoms with Gasteiger partial charge >= 0.3 is 0 Å². The fourth-order valence-corrected chi connectivity index (χ4v) is 3.75. The third kappa shape index (κ3) is 4.15. The van der Waals surface area contributed by atoms with E-state index in [2.05, 4.69) is 48.5 Å². The highest BCUT2D eigenvalue weighted by molar-refractivity contribution is 7.99. The third-order valence-corrected chi connectivity index (χ3v) is 5.32. The summed E-state index contributed by atoms with van der Waals surface area (Å²) >= 11 is 1.70. The van der Waals surface area contributed by atoms with E-state index in [1.165, 1.54) is 0 Å². The van der Waals surface area contributed by atoms with Crippen molar-refractivity contribution in [2.24, 2.45) is 0 Å². The Balaban J connectivity index is 1.49. The van der Waals surface area contributed by atoms with Crippen LogP contribution in [0.15, 0.2) is 107 Å². The molecule has 0 amide bonds. The summed E-state index contributed by atoms with van der Waals surface area (Å²) in [6.45, 7) is 0. The Kier molecular flexibility index (Phi) is 4.86. The van der Waals surface area contributed by atoms with Crippen molar-refractivity contribution in [1.29, 1.82) is 0 Å². The number of aromatic hydroxyl groups is 2. The summed E-state index contributed by atoms with van der Waals surface area (Å²) in [6.07, 6.45) is 0. The van der Waals surface area contributed by atoms with Gasteiger partial charge in [0.2, 0.25) is 0 Å². The van der Waals surface area contributed by atoms with E-state index in [1.807, 2.05) is 24.3 Å². The van der Waals surface area contributed by atoms with E-state index in [0.717, 1.165) is 32.0 Å². The largest absolute Gasteiger partial charge is 0.508 e. The first-order valence-electron chi connectivity index (χ1n) is 8.64. The molecule has 4 aromatic carbocycles. The summed E-state index contributed by atoms with van der Waals surface area (Å²) in [5, 5.41) is 19.3. The number of hydrogen-bond donors (Lipinski definition) is 2. The molecule has 0 saturated heterocycles. The molecule has 0 atom stereocenters. The maximum Gasteiger partial charge on any atom is 0.116 e. The first kappa shape index (κ1) is 17.3. The number of hydrogen-bond acceptors (Lipinski definition) is 3. The lowest BCUT2D eigenvalue weighted by atomic mass is 10.1. The van der Waals surface area contributed by atoms with Crippen molar-refractivity contribution in [2.75, 3.05) is 0 Å². The molecule has 0 radical (unpaired) electrons. The van der Waals surface area contributed by atoms with Crippen molar-refractivity contribution in [3.63, 3.8) is 0 Å². The zero-order valence-corrected chi connectivity index (χ0v) is 15.4. The minimum absolute atomic E-state index is 0.276. The van der Waals surface area contributed by atoms with Gasteiger partial charge in [-0.15, -0.1) is 0 Å².